The SMILES string of the molecule is O=C(CN1CCN(C[C@@H](O)c2cccs2)CC1)N1CCCCCC1. The zero-order valence-electron chi connectivity index (χ0n) is 14.4. The number of β-amino-alcohol motifs (C(OH)–C–C–N with tert-alkyl or cyclic N) is 1. The molecule has 1 N–H and O–H groups in total. The van der Waals surface area contributed by atoms with Gasteiger partial charge in [0.05, 0.1) is 6.54 Å². The van der Waals surface area contributed by atoms with Crippen molar-refractivity contribution >= 4 is 17.2 Å². The summed E-state index contributed by atoms with van der Waals surface area (Å²) >= 11 is 1.61. The minimum Gasteiger partial charge on any atom is -0.386 e. The van der Waals surface area contributed by atoms with Crippen LogP contribution in [0, 0.1) is 0 Å². The van der Waals surface area contributed by atoms with E-state index in [1.54, 1.807) is 11.3 Å². The second-order valence-corrected chi connectivity index (χ2v) is 7.88. The Morgan fingerprint density at radius 3 is 2.33 bits per heavy atom. The summed E-state index contributed by atoms with van der Waals surface area (Å²) < 4.78 is 0. The van der Waals surface area contributed by atoms with Gasteiger partial charge in [0, 0.05) is 50.7 Å². The number of carbonyl (C=O) groups excluding carboxylic acids is 1. The summed E-state index contributed by atoms with van der Waals surface area (Å²) in [5, 5.41) is 12.3. The predicted molar refractivity (Wildman–Crippen MR) is 97.2 cm³/mol. The average molecular weight is 352 g/mol. The van der Waals surface area contributed by atoms with E-state index in [2.05, 4.69) is 14.7 Å². The highest BCUT2D eigenvalue weighted by Gasteiger charge is 2.23. The third-order valence-electron chi connectivity index (χ3n) is 5.09. The molecule has 2 fully saturated rings. The van der Waals surface area contributed by atoms with Crippen molar-refractivity contribution in [2.75, 3.05) is 52.4 Å². The van der Waals surface area contributed by atoms with E-state index in [0.29, 0.717) is 19.0 Å². The molecular formula is C18H29N3O2S. The fourth-order valence-electron chi connectivity index (χ4n) is 3.56. The molecule has 0 saturated carbocycles. The Morgan fingerprint density at radius 2 is 1.71 bits per heavy atom. The van der Waals surface area contributed by atoms with E-state index in [4.69, 9.17) is 0 Å². The fourth-order valence-corrected chi connectivity index (χ4v) is 4.26. The quantitative estimate of drug-likeness (QED) is 0.879. The van der Waals surface area contributed by atoms with Crippen LogP contribution in [0.3, 0.4) is 0 Å². The summed E-state index contributed by atoms with van der Waals surface area (Å²) in [6.45, 7) is 6.80. The van der Waals surface area contributed by atoms with Gasteiger partial charge in [0.2, 0.25) is 5.91 Å². The summed E-state index contributed by atoms with van der Waals surface area (Å²) in [4.78, 5) is 20.1. The Bertz CT molecular complexity index is 492. The molecule has 1 aromatic rings. The van der Waals surface area contributed by atoms with Crippen LogP contribution in [0.4, 0.5) is 0 Å². The highest BCUT2D eigenvalue weighted by atomic mass is 32.1. The van der Waals surface area contributed by atoms with Gasteiger partial charge in [-0.3, -0.25) is 14.6 Å². The molecule has 0 unspecified atom stereocenters. The summed E-state index contributed by atoms with van der Waals surface area (Å²) in [5.41, 5.74) is 0. The zero-order valence-corrected chi connectivity index (χ0v) is 15.2. The van der Waals surface area contributed by atoms with Crippen LogP contribution in [-0.2, 0) is 4.79 Å². The van der Waals surface area contributed by atoms with E-state index in [1.807, 2.05) is 17.5 Å². The average Bonchev–Trinajstić information content (AvgIpc) is 2.99. The second-order valence-electron chi connectivity index (χ2n) is 6.90. The van der Waals surface area contributed by atoms with Crippen molar-refractivity contribution < 1.29 is 9.90 Å². The highest BCUT2D eigenvalue weighted by Crippen LogP contribution is 2.20. The number of rotatable bonds is 5. The van der Waals surface area contributed by atoms with E-state index in [9.17, 15) is 9.90 Å². The van der Waals surface area contributed by atoms with Crippen LogP contribution in [-0.4, -0.2) is 78.1 Å². The topological polar surface area (TPSA) is 47.0 Å². The van der Waals surface area contributed by atoms with Gasteiger partial charge in [-0.05, 0) is 24.3 Å². The molecule has 0 aromatic carbocycles. The molecular weight excluding hydrogens is 322 g/mol. The Morgan fingerprint density at radius 1 is 1.04 bits per heavy atom. The highest BCUT2D eigenvalue weighted by molar-refractivity contribution is 7.10. The maximum atomic E-state index is 12.5. The lowest BCUT2D eigenvalue weighted by molar-refractivity contribution is -0.132. The van der Waals surface area contributed by atoms with Crippen LogP contribution in [0.15, 0.2) is 17.5 Å². The number of thiophene rings is 1. The molecule has 134 valence electrons. The van der Waals surface area contributed by atoms with Crippen LogP contribution >= 0.6 is 11.3 Å². The lowest BCUT2D eigenvalue weighted by Crippen LogP contribution is -2.50. The minimum atomic E-state index is -0.393. The number of hydrogen-bond donors (Lipinski definition) is 1. The first-order valence-electron chi connectivity index (χ1n) is 9.16. The largest absolute Gasteiger partial charge is 0.386 e. The molecule has 5 nitrogen and oxygen atoms in total. The molecule has 2 saturated heterocycles. The monoisotopic (exact) mass is 351 g/mol. The molecule has 24 heavy (non-hydrogen) atoms. The van der Waals surface area contributed by atoms with Crippen molar-refractivity contribution in [2.45, 2.75) is 31.8 Å². The van der Waals surface area contributed by atoms with Crippen molar-refractivity contribution in [1.82, 2.24) is 14.7 Å². The molecule has 0 aliphatic carbocycles. The Kier molecular flexibility index (Phi) is 6.66. The third kappa shape index (κ3) is 5.02. The van der Waals surface area contributed by atoms with E-state index >= 15 is 0 Å². The molecule has 6 heteroatoms. The van der Waals surface area contributed by atoms with Crippen LogP contribution in [0.25, 0.3) is 0 Å². The molecule has 3 heterocycles. The van der Waals surface area contributed by atoms with Gasteiger partial charge < -0.3 is 10.0 Å². The normalized spacial score (nSPS) is 22.3. The van der Waals surface area contributed by atoms with Crippen molar-refractivity contribution in [3.8, 4) is 0 Å². The van der Waals surface area contributed by atoms with E-state index in [1.165, 1.54) is 12.8 Å². The first kappa shape index (κ1) is 17.9. The Labute approximate surface area is 148 Å². The number of aliphatic hydroxyl groups is 1. The Balaban J connectivity index is 1.39. The van der Waals surface area contributed by atoms with E-state index in [0.717, 1.165) is 57.0 Å². The standard InChI is InChI=1S/C18H29N3O2S/c22-16(17-6-5-13-24-17)14-19-9-11-20(12-10-19)15-18(23)21-7-3-1-2-4-8-21/h5-6,13,16,22H,1-4,7-12,14-15H2/t16-/m1/s1. The number of aliphatic hydroxyl groups excluding tert-OH is 1. The van der Waals surface area contributed by atoms with Gasteiger partial charge in [0.25, 0.3) is 0 Å². The number of piperazine rings is 1. The lowest BCUT2D eigenvalue weighted by atomic mass is 10.2. The summed E-state index contributed by atoms with van der Waals surface area (Å²) in [7, 11) is 0. The van der Waals surface area contributed by atoms with E-state index < -0.39 is 6.10 Å². The molecule has 0 spiro atoms. The smallest absolute Gasteiger partial charge is 0.236 e. The molecule has 1 atom stereocenters. The van der Waals surface area contributed by atoms with Gasteiger partial charge in [0.1, 0.15) is 6.10 Å². The molecule has 2 aliphatic rings. The van der Waals surface area contributed by atoms with Gasteiger partial charge in [-0.25, -0.2) is 0 Å². The minimum absolute atomic E-state index is 0.295. The van der Waals surface area contributed by atoms with Crippen molar-refractivity contribution in [3.63, 3.8) is 0 Å². The third-order valence-corrected chi connectivity index (χ3v) is 6.06. The fraction of sp³-hybridized carbons (Fsp3) is 0.722. The number of hydrogen-bond acceptors (Lipinski definition) is 5. The number of likely N-dealkylation sites (tertiary alicyclic amines) is 1. The summed E-state index contributed by atoms with van der Waals surface area (Å²) in [5.74, 6) is 0.295. The van der Waals surface area contributed by atoms with Crippen molar-refractivity contribution in [2.24, 2.45) is 0 Å². The van der Waals surface area contributed by atoms with Gasteiger partial charge >= 0.3 is 0 Å². The van der Waals surface area contributed by atoms with Crippen molar-refractivity contribution in [1.29, 1.82) is 0 Å². The summed E-state index contributed by atoms with van der Waals surface area (Å²) in [6.07, 6.45) is 4.43. The van der Waals surface area contributed by atoms with Crippen LogP contribution in [0.2, 0.25) is 0 Å². The van der Waals surface area contributed by atoms with Crippen LogP contribution in [0.5, 0.6) is 0 Å². The number of nitrogens with zero attached hydrogens (tertiary/aromatic N) is 3. The molecule has 1 aromatic heterocycles. The maximum Gasteiger partial charge on any atom is 0.236 e. The lowest BCUT2D eigenvalue weighted by Gasteiger charge is -2.36. The van der Waals surface area contributed by atoms with Gasteiger partial charge in [0.15, 0.2) is 0 Å². The van der Waals surface area contributed by atoms with Crippen LogP contribution < -0.4 is 0 Å². The molecule has 1 amide bonds. The molecule has 0 radical (unpaired) electrons. The predicted octanol–water partition coefficient (Wildman–Crippen LogP) is 1.80. The van der Waals surface area contributed by atoms with E-state index in [-0.39, 0.29) is 0 Å². The second kappa shape index (κ2) is 8.94. The first-order chi connectivity index (χ1) is 11.7. The van der Waals surface area contributed by atoms with Gasteiger partial charge in [-0.1, -0.05) is 18.9 Å². The first-order valence-corrected chi connectivity index (χ1v) is 10.0. The Hall–Kier alpha value is -0.950. The molecule has 3 rings (SSSR count). The zero-order chi connectivity index (χ0) is 16.8. The molecule has 2 aliphatic heterocycles. The number of amides is 1. The van der Waals surface area contributed by atoms with Crippen LogP contribution in [0.1, 0.15) is 36.7 Å². The summed E-state index contributed by atoms with van der Waals surface area (Å²) in [6, 6.07) is 3.97. The maximum absolute atomic E-state index is 12.5. The molecule has 0 bridgehead atoms. The van der Waals surface area contributed by atoms with Crippen molar-refractivity contribution in [3.05, 3.63) is 22.4 Å². The number of carbonyl (C=O) groups is 1. The van der Waals surface area contributed by atoms with Gasteiger partial charge in [-0.15, -0.1) is 11.3 Å². The van der Waals surface area contributed by atoms with Gasteiger partial charge in [-0.2, -0.15) is 0 Å².